The summed E-state index contributed by atoms with van der Waals surface area (Å²) in [5.41, 5.74) is 9.64. The molecular weight excluding hydrogens is 370 g/mol. The van der Waals surface area contributed by atoms with Crippen LogP contribution in [0.15, 0.2) is 24.3 Å². The number of rotatable bonds is 2. The predicted molar refractivity (Wildman–Crippen MR) is 110 cm³/mol. The molecule has 0 radical (unpaired) electrons. The maximum Gasteiger partial charge on any atom is 0.246 e. The Morgan fingerprint density at radius 2 is 2.07 bits per heavy atom. The number of nitrogens with two attached hydrogens (primary N) is 1. The van der Waals surface area contributed by atoms with Crippen molar-refractivity contribution < 1.29 is 14.3 Å². The largest absolute Gasteiger partial charge is 0.382 e. The lowest BCUT2D eigenvalue weighted by Gasteiger charge is -2.25. The zero-order valence-corrected chi connectivity index (χ0v) is 16.3. The summed E-state index contributed by atoms with van der Waals surface area (Å²) in [7, 11) is 0. The molecule has 29 heavy (non-hydrogen) atoms. The van der Waals surface area contributed by atoms with E-state index in [0.29, 0.717) is 45.3 Å². The SMILES string of the molecule is C[C@H]1COCc2nc3c(N)nc4cc(/C=C/C(=O)N5CCOCC5)ccc4c3n21. The van der Waals surface area contributed by atoms with Crippen molar-refractivity contribution >= 4 is 39.7 Å². The minimum Gasteiger partial charge on any atom is -0.382 e. The lowest BCUT2D eigenvalue weighted by Crippen LogP contribution is -2.39. The van der Waals surface area contributed by atoms with Gasteiger partial charge >= 0.3 is 0 Å². The van der Waals surface area contributed by atoms with Gasteiger partial charge in [0.25, 0.3) is 0 Å². The first-order valence-electron chi connectivity index (χ1n) is 9.84. The van der Waals surface area contributed by atoms with Gasteiger partial charge in [0.2, 0.25) is 5.91 Å². The minimum atomic E-state index is -0.00462. The van der Waals surface area contributed by atoms with Crippen LogP contribution in [0.4, 0.5) is 5.82 Å². The number of pyridine rings is 1. The minimum absolute atomic E-state index is 0.00462. The van der Waals surface area contributed by atoms with E-state index in [4.69, 9.17) is 15.2 Å². The van der Waals surface area contributed by atoms with Gasteiger partial charge in [-0.2, -0.15) is 0 Å². The van der Waals surface area contributed by atoms with Crippen LogP contribution in [0, 0.1) is 0 Å². The Labute approximate surface area is 167 Å². The van der Waals surface area contributed by atoms with Crippen LogP contribution in [0.1, 0.15) is 24.4 Å². The first-order chi connectivity index (χ1) is 14.1. The Hall–Kier alpha value is -2.97. The van der Waals surface area contributed by atoms with E-state index in [2.05, 4.69) is 21.5 Å². The van der Waals surface area contributed by atoms with Crippen molar-refractivity contribution in [2.24, 2.45) is 0 Å². The van der Waals surface area contributed by atoms with E-state index in [1.807, 2.05) is 24.3 Å². The fraction of sp³-hybridized carbons (Fsp3) is 0.381. The van der Waals surface area contributed by atoms with Gasteiger partial charge in [-0.3, -0.25) is 4.79 Å². The van der Waals surface area contributed by atoms with Gasteiger partial charge in [-0.15, -0.1) is 0 Å². The fourth-order valence-electron chi connectivity index (χ4n) is 4.07. The summed E-state index contributed by atoms with van der Waals surface area (Å²) in [4.78, 5) is 23.4. The number of ether oxygens (including phenoxy) is 2. The van der Waals surface area contributed by atoms with Gasteiger partial charge in [0.1, 0.15) is 17.9 Å². The molecule has 1 atom stereocenters. The molecular formula is C21H23N5O3. The molecule has 2 N–H and O–H groups in total. The highest BCUT2D eigenvalue weighted by atomic mass is 16.5. The average molecular weight is 393 g/mol. The Balaban J connectivity index is 1.54. The molecule has 0 unspecified atom stereocenters. The number of imidazole rings is 1. The summed E-state index contributed by atoms with van der Waals surface area (Å²) < 4.78 is 13.1. The van der Waals surface area contributed by atoms with Crippen LogP contribution in [0.5, 0.6) is 0 Å². The van der Waals surface area contributed by atoms with Crippen LogP contribution in [-0.2, 0) is 20.9 Å². The number of hydrogen-bond donors (Lipinski definition) is 1. The molecule has 3 aromatic rings. The third-order valence-corrected chi connectivity index (χ3v) is 5.52. The Kier molecular flexibility index (Phi) is 4.44. The van der Waals surface area contributed by atoms with E-state index >= 15 is 0 Å². The van der Waals surface area contributed by atoms with Crippen LogP contribution < -0.4 is 5.73 Å². The van der Waals surface area contributed by atoms with Crippen molar-refractivity contribution in [3.8, 4) is 0 Å². The Morgan fingerprint density at radius 3 is 2.90 bits per heavy atom. The summed E-state index contributed by atoms with van der Waals surface area (Å²) in [6, 6.07) is 6.16. The Morgan fingerprint density at radius 1 is 1.24 bits per heavy atom. The molecule has 0 spiro atoms. The monoisotopic (exact) mass is 393 g/mol. The molecule has 2 aromatic heterocycles. The molecule has 5 rings (SSSR count). The van der Waals surface area contributed by atoms with Gasteiger partial charge in [0.05, 0.1) is 36.9 Å². The van der Waals surface area contributed by atoms with Crippen LogP contribution in [0.25, 0.3) is 28.0 Å². The van der Waals surface area contributed by atoms with Gasteiger partial charge in [-0.25, -0.2) is 9.97 Å². The second kappa shape index (κ2) is 7.13. The van der Waals surface area contributed by atoms with E-state index in [1.165, 1.54) is 0 Å². The van der Waals surface area contributed by atoms with E-state index in [9.17, 15) is 4.79 Å². The van der Waals surface area contributed by atoms with Gasteiger partial charge in [-0.05, 0) is 24.6 Å². The second-order valence-electron chi connectivity index (χ2n) is 7.50. The number of anilines is 1. The number of benzene rings is 1. The molecule has 2 aliphatic heterocycles. The quantitative estimate of drug-likeness (QED) is 0.670. The maximum absolute atomic E-state index is 12.4. The van der Waals surface area contributed by atoms with Crippen LogP contribution >= 0.6 is 0 Å². The number of carbonyl (C=O) groups excluding carboxylic acids is 1. The first-order valence-corrected chi connectivity index (χ1v) is 9.84. The number of nitrogen functional groups attached to an aromatic ring is 1. The number of hydrogen-bond acceptors (Lipinski definition) is 6. The standard InChI is InChI=1S/C21H23N5O3/c1-13-11-29-12-17-24-19-20(26(13)17)15-4-2-14(10-16(15)23-21(19)22)3-5-18(27)25-6-8-28-9-7-25/h2-5,10,13H,6-9,11-12H2,1H3,(H2,22,23)/b5-3+/t13-/m0/s1. The van der Waals surface area contributed by atoms with Crippen molar-refractivity contribution in [2.45, 2.75) is 19.6 Å². The highest BCUT2D eigenvalue weighted by Crippen LogP contribution is 2.33. The van der Waals surface area contributed by atoms with Crippen molar-refractivity contribution in [2.75, 3.05) is 38.6 Å². The summed E-state index contributed by atoms with van der Waals surface area (Å²) in [6.07, 6.45) is 3.43. The molecule has 150 valence electrons. The lowest BCUT2D eigenvalue weighted by atomic mass is 10.1. The number of aromatic nitrogens is 3. The highest BCUT2D eigenvalue weighted by Gasteiger charge is 2.24. The molecule has 0 saturated carbocycles. The van der Waals surface area contributed by atoms with Crippen LogP contribution in [0.2, 0.25) is 0 Å². The average Bonchev–Trinajstić information content (AvgIpc) is 3.14. The van der Waals surface area contributed by atoms with Crippen molar-refractivity contribution in [3.05, 3.63) is 35.7 Å². The maximum atomic E-state index is 12.4. The number of carbonyl (C=O) groups is 1. The third kappa shape index (κ3) is 3.14. The molecule has 2 aliphatic rings. The summed E-state index contributed by atoms with van der Waals surface area (Å²) in [6.45, 7) is 5.68. The summed E-state index contributed by atoms with van der Waals surface area (Å²) >= 11 is 0. The second-order valence-corrected chi connectivity index (χ2v) is 7.50. The van der Waals surface area contributed by atoms with Gasteiger partial charge in [0.15, 0.2) is 5.82 Å². The predicted octanol–water partition coefficient (Wildman–Crippen LogP) is 2.13. The fourth-order valence-corrected chi connectivity index (χ4v) is 4.07. The van der Waals surface area contributed by atoms with Crippen molar-refractivity contribution in [1.82, 2.24) is 19.4 Å². The summed E-state index contributed by atoms with van der Waals surface area (Å²) in [5.74, 6) is 1.28. The van der Waals surface area contributed by atoms with Crippen LogP contribution in [-0.4, -0.2) is 58.3 Å². The molecule has 1 amide bonds. The zero-order chi connectivity index (χ0) is 20.0. The molecule has 8 nitrogen and oxygen atoms in total. The molecule has 1 saturated heterocycles. The van der Waals surface area contributed by atoms with Crippen molar-refractivity contribution in [1.29, 1.82) is 0 Å². The normalized spacial score (nSPS) is 19.9. The van der Waals surface area contributed by atoms with E-state index in [-0.39, 0.29) is 11.9 Å². The topological polar surface area (TPSA) is 95.5 Å². The molecule has 1 aromatic carbocycles. The first kappa shape index (κ1) is 18.1. The van der Waals surface area contributed by atoms with Gasteiger partial charge in [0, 0.05) is 24.6 Å². The highest BCUT2D eigenvalue weighted by molar-refractivity contribution is 6.07. The molecule has 0 bridgehead atoms. The molecule has 4 heterocycles. The van der Waals surface area contributed by atoms with E-state index in [1.54, 1.807) is 11.0 Å². The smallest absolute Gasteiger partial charge is 0.246 e. The van der Waals surface area contributed by atoms with Crippen LogP contribution in [0.3, 0.4) is 0 Å². The van der Waals surface area contributed by atoms with E-state index < -0.39 is 0 Å². The third-order valence-electron chi connectivity index (χ3n) is 5.52. The molecule has 1 fully saturated rings. The number of nitrogens with zero attached hydrogens (tertiary/aromatic N) is 4. The van der Waals surface area contributed by atoms with E-state index in [0.717, 1.165) is 33.3 Å². The lowest BCUT2D eigenvalue weighted by molar-refractivity contribution is -0.129. The van der Waals surface area contributed by atoms with Crippen molar-refractivity contribution in [3.63, 3.8) is 0 Å². The zero-order valence-electron chi connectivity index (χ0n) is 16.3. The Bertz CT molecular complexity index is 1130. The molecule has 0 aliphatic carbocycles. The summed E-state index contributed by atoms with van der Waals surface area (Å²) in [5, 5.41) is 0.998. The number of fused-ring (bicyclic) bond motifs is 5. The number of morpholine rings is 1. The number of amides is 1. The van der Waals surface area contributed by atoms with Gasteiger partial charge in [-0.1, -0.05) is 12.1 Å². The van der Waals surface area contributed by atoms with Gasteiger partial charge < -0.3 is 24.7 Å². The molecule has 8 heteroatoms.